The van der Waals surface area contributed by atoms with Gasteiger partial charge in [0.2, 0.25) is 11.8 Å². The number of alkyl halides is 3. The van der Waals surface area contributed by atoms with Gasteiger partial charge in [-0.2, -0.15) is 13.2 Å². The number of benzene rings is 1. The van der Waals surface area contributed by atoms with Crippen molar-refractivity contribution in [1.82, 2.24) is 9.88 Å². The second kappa shape index (κ2) is 7.56. The van der Waals surface area contributed by atoms with Crippen molar-refractivity contribution in [3.8, 4) is 10.8 Å². The number of aryl methyl sites for hydroxylation is 1. The first-order valence-electron chi connectivity index (χ1n) is 8.14. The van der Waals surface area contributed by atoms with Gasteiger partial charge in [-0.3, -0.25) is 4.79 Å². The number of amides is 1. The number of hydrogen-bond acceptors (Lipinski definition) is 4. The summed E-state index contributed by atoms with van der Waals surface area (Å²) in [5.41, 5.74) is 0.470. The molecule has 142 valence electrons. The highest BCUT2D eigenvalue weighted by Gasteiger charge is 2.30. The quantitative estimate of drug-likeness (QED) is 0.616. The van der Waals surface area contributed by atoms with E-state index in [0.29, 0.717) is 22.9 Å². The molecule has 2 heterocycles. The van der Waals surface area contributed by atoms with E-state index in [9.17, 15) is 18.0 Å². The topological polar surface area (TPSA) is 46.3 Å². The molecule has 0 saturated heterocycles. The lowest BCUT2D eigenvalue weighted by atomic mass is 10.1. The molecular weight excluding hydrogens is 377 g/mol. The third-order valence-electron chi connectivity index (χ3n) is 4.07. The number of hydrogen-bond donors (Lipinski definition) is 0. The zero-order valence-corrected chi connectivity index (χ0v) is 15.5. The fourth-order valence-corrected chi connectivity index (χ4v) is 3.19. The van der Waals surface area contributed by atoms with E-state index < -0.39 is 11.7 Å². The number of nitrogens with zero attached hydrogens (tertiary/aromatic N) is 2. The zero-order valence-electron chi connectivity index (χ0n) is 14.7. The number of oxazole rings is 1. The van der Waals surface area contributed by atoms with Crippen molar-refractivity contribution in [3.05, 3.63) is 64.4 Å². The van der Waals surface area contributed by atoms with Crippen LogP contribution in [0.1, 0.15) is 22.6 Å². The van der Waals surface area contributed by atoms with Gasteiger partial charge in [-0.25, -0.2) is 4.98 Å². The predicted molar refractivity (Wildman–Crippen MR) is 96.2 cm³/mol. The minimum Gasteiger partial charge on any atom is -0.440 e. The SMILES string of the molecule is Cc1oc(-c2cccs2)nc1CC(=O)N(C)Cc1ccc(C(F)(F)F)cc1. The number of rotatable bonds is 5. The van der Waals surface area contributed by atoms with Crippen LogP contribution >= 0.6 is 11.3 Å². The van der Waals surface area contributed by atoms with E-state index in [1.54, 1.807) is 14.0 Å². The first-order valence-corrected chi connectivity index (χ1v) is 9.02. The highest BCUT2D eigenvalue weighted by atomic mass is 32.1. The van der Waals surface area contributed by atoms with Crippen LogP contribution in [0.4, 0.5) is 13.2 Å². The molecule has 0 radical (unpaired) electrons. The Hall–Kier alpha value is -2.61. The minimum atomic E-state index is -4.37. The van der Waals surface area contributed by atoms with E-state index in [2.05, 4.69) is 4.98 Å². The van der Waals surface area contributed by atoms with Gasteiger partial charge in [0.1, 0.15) is 5.76 Å². The summed E-state index contributed by atoms with van der Waals surface area (Å²) in [6.07, 6.45) is -4.30. The molecule has 3 aromatic rings. The number of carbonyl (C=O) groups excluding carboxylic acids is 1. The molecule has 8 heteroatoms. The first-order chi connectivity index (χ1) is 12.7. The van der Waals surface area contributed by atoms with Crippen LogP contribution in [-0.2, 0) is 23.9 Å². The van der Waals surface area contributed by atoms with Crippen LogP contribution in [-0.4, -0.2) is 22.8 Å². The normalized spacial score (nSPS) is 11.6. The Morgan fingerprint density at radius 1 is 1.22 bits per heavy atom. The van der Waals surface area contributed by atoms with Crippen LogP contribution in [0.3, 0.4) is 0 Å². The van der Waals surface area contributed by atoms with Crippen molar-refractivity contribution in [2.24, 2.45) is 0 Å². The smallest absolute Gasteiger partial charge is 0.416 e. The molecule has 0 N–H and O–H groups in total. The number of thiophene rings is 1. The van der Waals surface area contributed by atoms with Gasteiger partial charge >= 0.3 is 6.18 Å². The Kier molecular flexibility index (Phi) is 5.36. The fraction of sp³-hybridized carbons (Fsp3) is 0.263. The summed E-state index contributed by atoms with van der Waals surface area (Å²) in [5, 5.41) is 1.91. The van der Waals surface area contributed by atoms with Gasteiger partial charge in [0.05, 0.1) is 22.6 Å². The summed E-state index contributed by atoms with van der Waals surface area (Å²) < 4.78 is 43.5. The Morgan fingerprint density at radius 3 is 2.52 bits per heavy atom. The molecule has 2 aromatic heterocycles. The molecule has 0 aliphatic rings. The maximum Gasteiger partial charge on any atom is 0.416 e. The van der Waals surface area contributed by atoms with Crippen molar-refractivity contribution < 1.29 is 22.4 Å². The third-order valence-corrected chi connectivity index (χ3v) is 4.93. The average molecular weight is 394 g/mol. The van der Waals surface area contributed by atoms with Gasteiger partial charge < -0.3 is 9.32 Å². The van der Waals surface area contributed by atoms with Crippen LogP contribution in [0.25, 0.3) is 10.8 Å². The molecule has 1 amide bonds. The Balaban J connectivity index is 1.64. The molecule has 0 spiro atoms. The van der Waals surface area contributed by atoms with E-state index in [-0.39, 0.29) is 18.9 Å². The number of halogens is 3. The summed E-state index contributed by atoms with van der Waals surface area (Å²) in [6, 6.07) is 8.57. The molecule has 0 fully saturated rings. The van der Waals surface area contributed by atoms with E-state index in [1.807, 2.05) is 17.5 Å². The molecule has 3 rings (SSSR count). The fourth-order valence-electron chi connectivity index (χ4n) is 2.54. The molecule has 0 aliphatic carbocycles. The Morgan fingerprint density at radius 2 is 1.93 bits per heavy atom. The lowest BCUT2D eigenvalue weighted by Crippen LogP contribution is -2.28. The van der Waals surface area contributed by atoms with Gasteiger partial charge in [-0.05, 0) is 36.1 Å². The molecule has 27 heavy (non-hydrogen) atoms. The van der Waals surface area contributed by atoms with Gasteiger partial charge in [0.25, 0.3) is 0 Å². The van der Waals surface area contributed by atoms with Crippen molar-refractivity contribution >= 4 is 17.2 Å². The lowest BCUT2D eigenvalue weighted by Gasteiger charge is -2.17. The Bertz CT molecular complexity index is 916. The number of likely N-dealkylation sites (N-methyl/N-ethyl adjacent to an activating group) is 1. The lowest BCUT2D eigenvalue weighted by molar-refractivity contribution is -0.137. The zero-order chi connectivity index (χ0) is 19.6. The van der Waals surface area contributed by atoms with Gasteiger partial charge in [-0.1, -0.05) is 18.2 Å². The minimum absolute atomic E-state index is 0.0673. The molecule has 0 bridgehead atoms. The standard InChI is InChI=1S/C19H17F3N2O2S/c1-12-15(23-18(26-12)16-4-3-9-27-16)10-17(25)24(2)11-13-5-7-14(8-6-13)19(20,21)22/h3-9H,10-11H2,1-2H3. The molecule has 0 unspecified atom stereocenters. The van der Waals surface area contributed by atoms with Crippen molar-refractivity contribution in [3.63, 3.8) is 0 Å². The van der Waals surface area contributed by atoms with Crippen LogP contribution in [0.5, 0.6) is 0 Å². The van der Waals surface area contributed by atoms with Crippen LogP contribution < -0.4 is 0 Å². The first kappa shape index (κ1) is 19.2. The van der Waals surface area contributed by atoms with Gasteiger partial charge in [-0.15, -0.1) is 11.3 Å². The van der Waals surface area contributed by atoms with E-state index in [4.69, 9.17) is 4.42 Å². The van der Waals surface area contributed by atoms with Gasteiger partial charge in [0.15, 0.2) is 0 Å². The summed E-state index contributed by atoms with van der Waals surface area (Å²) in [4.78, 5) is 19.2. The van der Waals surface area contributed by atoms with Crippen molar-refractivity contribution in [2.45, 2.75) is 26.1 Å². The second-order valence-corrected chi connectivity index (χ2v) is 7.07. The Labute approximate surface area is 158 Å². The van der Waals surface area contributed by atoms with Gasteiger partial charge in [0, 0.05) is 13.6 Å². The molecule has 4 nitrogen and oxygen atoms in total. The number of carbonyl (C=O) groups is 1. The van der Waals surface area contributed by atoms with Crippen molar-refractivity contribution in [1.29, 1.82) is 0 Å². The molecule has 0 aliphatic heterocycles. The number of aromatic nitrogens is 1. The highest BCUT2D eigenvalue weighted by molar-refractivity contribution is 7.13. The monoisotopic (exact) mass is 394 g/mol. The predicted octanol–water partition coefficient (Wildman–Crippen LogP) is 4.93. The maximum atomic E-state index is 12.6. The molecule has 0 atom stereocenters. The average Bonchev–Trinajstić information content (AvgIpc) is 3.25. The highest BCUT2D eigenvalue weighted by Crippen LogP contribution is 2.29. The van der Waals surface area contributed by atoms with Crippen molar-refractivity contribution in [2.75, 3.05) is 7.05 Å². The second-order valence-electron chi connectivity index (χ2n) is 6.12. The summed E-state index contributed by atoms with van der Waals surface area (Å²) in [5.74, 6) is 0.870. The summed E-state index contributed by atoms with van der Waals surface area (Å²) >= 11 is 1.50. The summed E-state index contributed by atoms with van der Waals surface area (Å²) in [7, 11) is 1.61. The van der Waals surface area contributed by atoms with Crippen LogP contribution in [0.15, 0.2) is 46.2 Å². The molecular formula is C19H17F3N2O2S. The molecule has 0 saturated carbocycles. The summed E-state index contributed by atoms with van der Waals surface area (Å²) in [6.45, 7) is 1.97. The van der Waals surface area contributed by atoms with Crippen LogP contribution in [0.2, 0.25) is 0 Å². The van der Waals surface area contributed by atoms with E-state index >= 15 is 0 Å². The molecule has 1 aromatic carbocycles. The maximum absolute atomic E-state index is 12.6. The largest absolute Gasteiger partial charge is 0.440 e. The third kappa shape index (κ3) is 4.57. The van der Waals surface area contributed by atoms with E-state index in [1.165, 1.54) is 28.4 Å². The van der Waals surface area contributed by atoms with E-state index in [0.717, 1.165) is 17.0 Å². The van der Waals surface area contributed by atoms with Crippen LogP contribution in [0, 0.1) is 6.92 Å².